The molecular weight excluding hydrogens is 242 g/mol. The first-order valence-corrected chi connectivity index (χ1v) is 6.45. The summed E-state index contributed by atoms with van der Waals surface area (Å²) in [5.74, 6) is -0.719. The van der Waals surface area contributed by atoms with Crippen molar-refractivity contribution in [3.8, 4) is 0 Å². The molecule has 5 nitrogen and oxygen atoms in total. The number of hydrogen-bond donors (Lipinski definition) is 4. The van der Waals surface area contributed by atoms with Gasteiger partial charge in [0, 0.05) is 29.1 Å². The predicted octanol–water partition coefficient (Wildman–Crippen LogP) is 1.80. The average molecular weight is 259 g/mol. The van der Waals surface area contributed by atoms with Gasteiger partial charge in [0.15, 0.2) is 0 Å². The molecular formula is C14H17N3O2. The van der Waals surface area contributed by atoms with Crippen molar-refractivity contribution in [1.29, 1.82) is 0 Å². The Balaban J connectivity index is 1.98. The fourth-order valence-corrected chi connectivity index (χ4v) is 2.88. The smallest absolute Gasteiger partial charge is 0.303 e. The molecule has 0 amide bonds. The lowest BCUT2D eigenvalue weighted by atomic mass is 9.87. The molecule has 2 aromatic rings. The van der Waals surface area contributed by atoms with Crippen molar-refractivity contribution in [3.63, 3.8) is 0 Å². The Kier molecular flexibility index (Phi) is 3.00. The van der Waals surface area contributed by atoms with Crippen LogP contribution in [0, 0.1) is 5.92 Å². The number of carbonyl (C=O) groups is 1. The molecule has 19 heavy (non-hydrogen) atoms. The Morgan fingerprint density at radius 2 is 2.11 bits per heavy atom. The number of nitrogens with one attached hydrogen (secondary N) is 3. The minimum Gasteiger partial charge on any atom is -0.481 e. The van der Waals surface area contributed by atoms with E-state index in [9.17, 15) is 4.79 Å². The number of hydrogen-bond acceptors (Lipinski definition) is 3. The third kappa shape index (κ3) is 2.11. The van der Waals surface area contributed by atoms with Gasteiger partial charge in [0.05, 0.1) is 12.5 Å². The van der Waals surface area contributed by atoms with E-state index in [1.165, 1.54) is 0 Å². The van der Waals surface area contributed by atoms with Gasteiger partial charge in [-0.1, -0.05) is 18.2 Å². The number of carboxylic acid groups (broad SMARTS) is 1. The monoisotopic (exact) mass is 259 g/mol. The molecule has 100 valence electrons. The van der Waals surface area contributed by atoms with Gasteiger partial charge in [-0.05, 0) is 18.6 Å². The fourth-order valence-electron chi connectivity index (χ4n) is 2.88. The quantitative estimate of drug-likeness (QED) is 0.678. The Morgan fingerprint density at radius 1 is 1.32 bits per heavy atom. The topological polar surface area (TPSA) is 77.1 Å². The van der Waals surface area contributed by atoms with Crippen LogP contribution in [0.15, 0.2) is 30.5 Å². The maximum absolute atomic E-state index is 11.0. The van der Waals surface area contributed by atoms with Crippen molar-refractivity contribution < 1.29 is 9.90 Å². The maximum Gasteiger partial charge on any atom is 0.303 e. The van der Waals surface area contributed by atoms with Crippen molar-refractivity contribution in [2.75, 3.05) is 0 Å². The molecule has 0 radical (unpaired) electrons. The summed E-state index contributed by atoms with van der Waals surface area (Å²) in [5.41, 5.74) is 8.57. The van der Waals surface area contributed by atoms with E-state index >= 15 is 0 Å². The highest BCUT2D eigenvalue weighted by Crippen LogP contribution is 2.34. The SMILES string of the molecule is CC1NNC(c2c[nH]c3ccccc23)C1CC(=O)O. The van der Waals surface area contributed by atoms with Crippen LogP contribution in [-0.4, -0.2) is 22.1 Å². The van der Waals surface area contributed by atoms with Crippen LogP contribution in [0.2, 0.25) is 0 Å². The predicted molar refractivity (Wildman–Crippen MR) is 72.5 cm³/mol. The summed E-state index contributed by atoms with van der Waals surface area (Å²) in [6, 6.07) is 8.22. The lowest BCUT2D eigenvalue weighted by molar-refractivity contribution is -0.138. The van der Waals surface area contributed by atoms with E-state index in [-0.39, 0.29) is 24.4 Å². The third-order valence-electron chi connectivity index (χ3n) is 3.90. The summed E-state index contributed by atoms with van der Waals surface area (Å²) >= 11 is 0. The largest absolute Gasteiger partial charge is 0.481 e. The number of benzene rings is 1. The number of H-pyrrole nitrogens is 1. The molecule has 4 N–H and O–H groups in total. The van der Waals surface area contributed by atoms with Gasteiger partial charge in [0.25, 0.3) is 0 Å². The minimum absolute atomic E-state index is 0.0160. The number of hydrazine groups is 1. The molecule has 1 aliphatic rings. The van der Waals surface area contributed by atoms with Crippen LogP contribution in [0.4, 0.5) is 0 Å². The summed E-state index contributed by atoms with van der Waals surface area (Å²) in [7, 11) is 0. The minimum atomic E-state index is -0.757. The van der Waals surface area contributed by atoms with Crippen LogP contribution in [0.5, 0.6) is 0 Å². The molecule has 0 aliphatic carbocycles. The van der Waals surface area contributed by atoms with Gasteiger partial charge in [-0.15, -0.1) is 0 Å². The van der Waals surface area contributed by atoms with Crippen molar-refractivity contribution in [3.05, 3.63) is 36.0 Å². The van der Waals surface area contributed by atoms with Crippen LogP contribution in [0.25, 0.3) is 10.9 Å². The Hall–Kier alpha value is -1.85. The molecule has 3 atom stereocenters. The Bertz CT molecular complexity index is 608. The van der Waals surface area contributed by atoms with E-state index in [4.69, 9.17) is 5.11 Å². The van der Waals surface area contributed by atoms with Crippen LogP contribution in [0.3, 0.4) is 0 Å². The zero-order chi connectivity index (χ0) is 13.4. The van der Waals surface area contributed by atoms with Gasteiger partial charge in [0.1, 0.15) is 0 Å². The number of aliphatic carboxylic acids is 1. The fraction of sp³-hybridized carbons (Fsp3) is 0.357. The number of para-hydroxylation sites is 1. The van der Waals surface area contributed by atoms with Gasteiger partial charge in [0.2, 0.25) is 0 Å². The van der Waals surface area contributed by atoms with Crippen molar-refractivity contribution in [2.45, 2.75) is 25.4 Å². The molecule has 0 spiro atoms. The Morgan fingerprint density at radius 3 is 2.89 bits per heavy atom. The first-order valence-electron chi connectivity index (χ1n) is 6.45. The molecule has 1 aromatic carbocycles. The standard InChI is InChI=1S/C14H17N3O2/c1-8-10(6-13(18)19)14(17-16-8)11-7-15-12-5-3-2-4-9(11)12/h2-5,7-8,10,14-17H,6H2,1H3,(H,18,19). The number of aromatic nitrogens is 1. The third-order valence-corrected chi connectivity index (χ3v) is 3.90. The summed E-state index contributed by atoms with van der Waals surface area (Å²) in [6.07, 6.45) is 2.13. The molecule has 5 heteroatoms. The van der Waals surface area contributed by atoms with E-state index in [2.05, 4.69) is 21.9 Å². The van der Waals surface area contributed by atoms with E-state index in [1.807, 2.05) is 31.3 Å². The van der Waals surface area contributed by atoms with Gasteiger partial charge in [-0.2, -0.15) is 0 Å². The van der Waals surface area contributed by atoms with E-state index in [0.29, 0.717) is 0 Å². The molecule has 1 fully saturated rings. The highest BCUT2D eigenvalue weighted by Gasteiger charge is 2.36. The van der Waals surface area contributed by atoms with Gasteiger partial charge < -0.3 is 10.1 Å². The van der Waals surface area contributed by atoms with E-state index in [1.54, 1.807) is 0 Å². The summed E-state index contributed by atoms with van der Waals surface area (Å²) in [5, 5.41) is 10.2. The average Bonchev–Trinajstić information content (AvgIpc) is 2.94. The molecule has 0 bridgehead atoms. The number of aromatic amines is 1. The van der Waals surface area contributed by atoms with Crippen LogP contribution in [0.1, 0.15) is 24.9 Å². The zero-order valence-corrected chi connectivity index (χ0v) is 10.7. The second-order valence-corrected chi connectivity index (χ2v) is 5.11. The second-order valence-electron chi connectivity index (χ2n) is 5.11. The first-order chi connectivity index (χ1) is 9.16. The van der Waals surface area contributed by atoms with Gasteiger partial charge in [-0.25, -0.2) is 5.43 Å². The molecule has 1 aliphatic heterocycles. The molecule has 1 aromatic heterocycles. The van der Waals surface area contributed by atoms with Crippen LogP contribution < -0.4 is 10.9 Å². The molecule has 3 rings (SSSR count). The molecule has 3 unspecified atom stereocenters. The second kappa shape index (κ2) is 4.68. The van der Waals surface area contributed by atoms with Crippen LogP contribution >= 0.6 is 0 Å². The normalized spacial score (nSPS) is 26.9. The summed E-state index contributed by atoms with van der Waals surface area (Å²) in [4.78, 5) is 14.3. The van der Waals surface area contributed by atoms with Gasteiger partial charge >= 0.3 is 5.97 Å². The van der Waals surface area contributed by atoms with E-state index in [0.717, 1.165) is 16.5 Å². The maximum atomic E-state index is 11.0. The molecule has 1 saturated heterocycles. The zero-order valence-electron chi connectivity index (χ0n) is 10.7. The van der Waals surface area contributed by atoms with Crippen molar-refractivity contribution in [1.82, 2.24) is 15.8 Å². The van der Waals surface area contributed by atoms with E-state index < -0.39 is 5.97 Å². The van der Waals surface area contributed by atoms with Gasteiger partial charge in [-0.3, -0.25) is 10.2 Å². The molecule has 2 heterocycles. The van der Waals surface area contributed by atoms with Crippen molar-refractivity contribution >= 4 is 16.9 Å². The number of fused-ring (bicyclic) bond motifs is 1. The Labute approximate surface area is 111 Å². The lowest BCUT2D eigenvalue weighted by Crippen LogP contribution is -2.29. The summed E-state index contributed by atoms with van der Waals surface area (Å²) < 4.78 is 0. The van der Waals surface area contributed by atoms with Crippen molar-refractivity contribution in [2.24, 2.45) is 5.92 Å². The first kappa shape index (κ1) is 12.2. The molecule has 0 saturated carbocycles. The number of rotatable bonds is 3. The highest BCUT2D eigenvalue weighted by atomic mass is 16.4. The lowest BCUT2D eigenvalue weighted by Gasteiger charge is -2.18. The highest BCUT2D eigenvalue weighted by molar-refractivity contribution is 5.83. The van der Waals surface area contributed by atoms with Crippen LogP contribution in [-0.2, 0) is 4.79 Å². The number of carboxylic acids is 1. The summed E-state index contributed by atoms with van der Waals surface area (Å²) in [6.45, 7) is 2.01.